The van der Waals surface area contributed by atoms with Crippen LogP contribution in [0.2, 0.25) is 0 Å². The molecular weight excluding hydrogens is 249 g/mol. The number of rotatable bonds is 3. The van der Waals surface area contributed by atoms with Crippen molar-refractivity contribution in [1.29, 1.82) is 0 Å². The summed E-state index contributed by atoms with van der Waals surface area (Å²) < 4.78 is 67.5. The van der Waals surface area contributed by atoms with Gasteiger partial charge in [0.05, 0.1) is 24.8 Å². The lowest BCUT2D eigenvalue weighted by Crippen LogP contribution is -2.15. The molecular formula is C9H8F5NO2. The number of hydrogen-bond acceptors (Lipinski definition) is 3. The fraction of sp³-hybridized carbons (Fsp3) is 0.444. The second-order valence-electron chi connectivity index (χ2n) is 3.04. The summed E-state index contributed by atoms with van der Waals surface area (Å²) in [5.41, 5.74) is -3.66. The van der Waals surface area contributed by atoms with Gasteiger partial charge in [0.2, 0.25) is 5.88 Å². The molecule has 1 rings (SSSR count). The van der Waals surface area contributed by atoms with E-state index in [2.05, 4.69) is 9.72 Å². The predicted octanol–water partition coefficient (Wildman–Crippen LogP) is 2.54. The summed E-state index contributed by atoms with van der Waals surface area (Å²) in [6.45, 7) is -1.04. The minimum absolute atomic E-state index is 0.660. The number of aromatic nitrogens is 1. The van der Waals surface area contributed by atoms with Gasteiger partial charge in [-0.2, -0.15) is 13.2 Å². The molecule has 1 aromatic rings. The van der Waals surface area contributed by atoms with E-state index in [1.165, 1.54) is 0 Å². The van der Waals surface area contributed by atoms with E-state index in [9.17, 15) is 22.0 Å². The van der Waals surface area contributed by atoms with E-state index in [1.807, 2.05) is 0 Å². The van der Waals surface area contributed by atoms with E-state index in [-0.39, 0.29) is 0 Å². The Morgan fingerprint density at radius 2 is 2.00 bits per heavy atom. The quantitative estimate of drug-likeness (QED) is 0.846. The number of aliphatic hydroxyl groups is 1. The van der Waals surface area contributed by atoms with Crippen LogP contribution >= 0.6 is 0 Å². The minimum Gasteiger partial charge on any atom is -0.481 e. The van der Waals surface area contributed by atoms with Crippen LogP contribution in [0.3, 0.4) is 0 Å². The van der Waals surface area contributed by atoms with Crippen molar-refractivity contribution in [3.05, 3.63) is 22.9 Å². The molecule has 0 atom stereocenters. The van der Waals surface area contributed by atoms with Gasteiger partial charge in [-0.05, 0) is 0 Å². The van der Waals surface area contributed by atoms with Crippen molar-refractivity contribution in [3.63, 3.8) is 0 Å². The molecule has 0 aromatic carbocycles. The molecule has 0 aliphatic rings. The first-order valence-corrected chi connectivity index (χ1v) is 4.34. The summed E-state index contributed by atoms with van der Waals surface area (Å²) in [4.78, 5) is 3.30. The Bertz CT molecular complexity index is 405. The summed E-state index contributed by atoms with van der Waals surface area (Å²) in [5, 5.41) is 8.73. The second-order valence-corrected chi connectivity index (χ2v) is 3.04. The van der Waals surface area contributed by atoms with Gasteiger partial charge in [-0.1, -0.05) is 0 Å². The van der Waals surface area contributed by atoms with Gasteiger partial charge in [-0.3, -0.25) is 0 Å². The number of methoxy groups -OCH3 is 1. The van der Waals surface area contributed by atoms with Crippen LogP contribution in [0.25, 0.3) is 0 Å². The average molecular weight is 257 g/mol. The third kappa shape index (κ3) is 2.63. The van der Waals surface area contributed by atoms with Gasteiger partial charge in [0.1, 0.15) is 0 Å². The van der Waals surface area contributed by atoms with Crippen molar-refractivity contribution in [2.45, 2.75) is 19.2 Å². The standard InChI is InChI=1S/C9H8F5NO2/c1-17-8-5(7(10)11)6(9(12,13)14)4(3-16)2-15-8/h2,7,16H,3H2,1H3. The number of hydrogen-bond donors (Lipinski definition) is 1. The number of ether oxygens (including phenoxy) is 1. The number of nitrogens with zero attached hydrogens (tertiary/aromatic N) is 1. The first-order chi connectivity index (χ1) is 7.82. The molecule has 1 aromatic heterocycles. The molecule has 0 aliphatic carbocycles. The highest BCUT2D eigenvalue weighted by atomic mass is 19.4. The highest BCUT2D eigenvalue weighted by molar-refractivity contribution is 5.42. The Kier molecular flexibility index (Phi) is 3.87. The van der Waals surface area contributed by atoms with Gasteiger partial charge < -0.3 is 9.84 Å². The van der Waals surface area contributed by atoms with E-state index in [0.717, 1.165) is 7.11 Å². The number of pyridine rings is 1. The van der Waals surface area contributed by atoms with E-state index in [4.69, 9.17) is 5.11 Å². The number of aliphatic hydroxyl groups excluding tert-OH is 1. The van der Waals surface area contributed by atoms with E-state index in [1.54, 1.807) is 0 Å². The van der Waals surface area contributed by atoms with Gasteiger partial charge in [-0.15, -0.1) is 0 Å². The van der Waals surface area contributed by atoms with Crippen LogP contribution in [0, 0.1) is 0 Å². The van der Waals surface area contributed by atoms with Gasteiger partial charge in [-0.25, -0.2) is 13.8 Å². The zero-order chi connectivity index (χ0) is 13.2. The molecule has 0 saturated heterocycles. The molecule has 96 valence electrons. The number of halogens is 5. The summed E-state index contributed by atoms with van der Waals surface area (Å²) in [6, 6.07) is 0. The number of alkyl halides is 5. The summed E-state index contributed by atoms with van der Waals surface area (Å²) in [7, 11) is 0.937. The molecule has 3 nitrogen and oxygen atoms in total. The van der Waals surface area contributed by atoms with E-state index < -0.39 is 41.8 Å². The zero-order valence-electron chi connectivity index (χ0n) is 8.55. The fourth-order valence-corrected chi connectivity index (χ4v) is 1.37. The SMILES string of the molecule is COc1ncc(CO)c(C(F)(F)F)c1C(F)F. The Hall–Kier alpha value is -1.44. The van der Waals surface area contributed by atoms with Crippen molar-refractivity contribution in [3.8, 4) is 5.88 Å². The third-order valence-electron chi connectivity index (χ3n) is 2.02. The van der Waals surface area contributed by atoms with Crippen molar-refractivity contribution in [2.75, 3.05) is 7.11 Å². The third-order valence-corrected chi connectivity index (χ3v) is 2.02. The van der Waals surface area contributed by atoms with E-state index >= 15 is 0 Å². The lowest BCUT2D eigenvalue weighted by Gasteiger charge is -2.17. The van der Waals surface area contributed by atoms with Crippen LogP contribution in [-0.4, -0.2) is 17.2 Å². The first kappa shape index (κ1) is 13.6. The van der Waals surface area contributed by atoms with Gasteiger partial charge >= 0.3 is 6.18 Å². The van der Waals surface area contributed by atoms with Gasteiger partial charge in [0.15, 0.2) is 0 Å². The largest absolute Gasteiger partial charge is 0.481 e. The molecule has 0 spiro atoms. The highest BCUT2D eigenvalue weighted by Crippen LogP contribution is 2.41. The summed E-state index contributed by atoms with van der Waals surface area (Å²) in [5.74, 6) is -0.801. The Labute approximate surface area is 92.8 Å². The molecule has 8 heteroatoms. The second kappa shape index (κ2) is 4.82. The van der Waals surface area contributed by atoms with Gasteiger partial charge in [0.25, 0.3) is 6.43 Å². The lowest BCUT2D eigenvalue weighted by molar-refractivity contribution is -0.140. The van der Waals surface area contributed by atoms with Crippen molar-refractivity contribution >= 4 is 0 Å². The Morgan fingerprint density at radius 3 is 2.35 bits per heavy atom. The molecule has 1 N–H and O–H groups in total. The molecule has 0 saturated carbocycles. The van der Waals surface area contributed by atoms with Gasteiger partial charge in [0, 0.05) is 11.8 Å². The summed E-state index contributed by atoms with van der Waals surface area (Å²) in [6.07, 6.45) is -7.76. The molecule has 0 amide bonds. The molecule has 1 heterocycles. The smallest absolute Gasteiger partial charge is 0.417 e. The van der Waals surface area contributed by atoms with Crippen LogP contribution in [0.4, 0.5) is 22.0 Å². The Balaban J connectivity index is 3.59. The van der Waals surface area contributed by atoms with Crippen molar-refractivity contribution < 1.29 is 31.8 Å². The van der Waals surface area contributed by atoms with Crippen LogP contribution in [-0.2, 0) is 12.8 Å². The first-order valence-electron chi connectivity index (χ1n) is 4.34. The fourth-order valence-electron chi connectivity index (χ4n) is 1.37. The highest BCUT2D eigenvalue weighted by Gasteiger charge is 2.40. The maximum atomic E-state index is 12.6. The van der Waals surface area contributed by atoms with E-state index in [0.29, 0.717) is 6.20 Å². The van der Waals surface area contributed by atoms with Crippen molar-refractivity contribution in [2.24, 2.45) is 0 Å². The maximum absolute atomic E-state index is 12.6. The average Bonchev–Trinajstić information content (AvgIpc) is 2.25. The molecule has 0 aliphatic heterocycles. The topological polar surface area (TPSA) is 42.4 Å². The normalized spacial score (nSPS) is 12.0. The zero-order valence-corrected chi connectivity index (χ0v) is 8.55. The van der Waals surface area contributed by atoms with Crippen LogP contribution in [0.1, 0.15) is 23.1 Å². The predicted molar refractivity (Wildman–Crippen MR) is 46.7 cm³/mol. The lowest BCUT2D eigenvalue weighted by atomic mass is 10.0. The monoisotopic (exact) mass is 257 g/mol. The minimum atomic E-state index is -5.01. The van der Waals surface area contributed by atoms with Crippen LogP contribution in [0.5, 0.6) is 5.88 Å². The van der Waals surface area contributed by atoms with Crippen LogP contribution < -0.4 is 4.74 Å². The van der Waals surface area contributed by atoms with Crippen LogP contribution in [0.15, 0.2) is 6.20 Å². The van der Waals surface area contributed by atoms with Crippen molar-refractivity contribution in [1.82, 2.24) is 4.98 Å². The Morgan fingerprint density at radius 1 is 1.41 bits per heavy atom. The summed E-state index contributed by atoms with van der Waals surface area (Å²) >= 11 is 0. The molecule has 0 unspecified atom stereocenters. The molecule has 0 radical (unpaired) electrons. The maximum Gasteiger partial charge on any atom is 0.417 e. The molecule has 17 heavy (non-hydrogen) atoms. The molecule has 0 bridgehead atoms. The molecule has 0 fully saturated rings.